The maximum absolute atomic E-state index is 11.8. The minimum atomic E-state index is -0.391. The van der Waals surface area contributed by atoms with Crippen LogP contribution in [-0.4, -0.2) is 26.5 Å². The van der Waals surface area contributed by atoms with E-state index in [0.717, 1.165) is 6.32 Å². The second-order valence-electron chi connectivity index (χ2n) is 4.27. The zero-order valence-corrected chi connectivity index (χ0v) is 11.5. The average molecular weight is 285 g/mol. The standard InChI is InChI=1S/C12H13BCl2NO2/c1-13-5-8-6-16(12(17)18-7-8)11-9(14)3-2-4-10(11)15/h2-4,8H,5-7H2,1H3. The molecule has 0 aromatic heterocycles. The van der Waals surface area contributed by atoms with Crippen LogP contribution in [0.25, 0.3) is 0 Å². The third kappa shape index (κ3) is 2.75. The van der Waals surface area contributed by atoms with Gasteiger partial charge in [0.2, 0.25) is 0 Å². The predicted octanol–water partition coefficient (Wildman–Crippen LogP) is 3.74. The molecule has 0 spiro atoms. The van der Waals surface area contributed by atoms with Gasteiger partial charge in [0.15, 0.2) is 0 Å². The van der Waals surface area contributed by atoms with Crippen molar-refractivity contribution < 1.29 is 9.53 Å². The number of amides is 1. The molecule has 0 N–H and O–H groups in total. The van der Waals surface area contributed by atoms with Crippen LogP contribution in [0.1, 0.15) is 0 Å². The highest BCUT2D eigenvalue weighted by atomic mass is 35.5. The molecule has 1 fully saturated rings. The topological polar surface area (TPSA) is 29.5 Å². The summed E-state index contributed by atoms with van der Waals surface area (Å²) < 4.78 is 5.17. The van der Waals surface area contributed by atoms with E-state index in [9.17, 15) is 4.79 Å². The molecule has 6 heteroatoms. The summed E-state index contributed by atoms with van der Waals surface area (Å²) in [5.74, 6) is 0.278. The van der Waals surface area contributed by atoms with E-state index >= 15 is 0 Å². The number of para-hydroxylation sites is 1. The van der Waals surface area contributed by atoms with Crippen molar-refractivity contribution in [1.29, 1.82) is 0 Å². The second kappa shape index (κ2) is 5.85. The molecule has 3 nitrogen and oxygen atoms in total. The summed E-state index contributed by atoms with van der Waals surface area (Å²) in [6.45, 7) is 3.01. The average Bonchev–Trinajstić information content (AvgIpc) is 2.33. The van der Waals surface area contributed by atoms with E-state index in [1.54, 1.807) is 18.2 Å². The van der Waals surface area contributed by atoms with Gasteiger partial charge in [-0.05, 0) is 12.1 Å². The monoisotopic (exact) mass is 284 g/mol. The number of carbonyl (C=O) groups is 1. The number of anilines is 1. The van der Waals surface area contributed by atoms with Crippen molar-refractivity contribution in [3.63, 3.8) is 0 Å². The summed E-state index contributed by atoms with van der Waals surface area (Å²) in [4.78, 5) is 13.3. The molecule has 18 heavy (non-hydrogen) atoms. The highest BCUT2D eigenvalue weighted by Gasteiger charge is 2.30. The number of benzene rings is 1. The van der Waals surface area contributed by atoms with Crippen molar-refractivity contribution in [3.05, 3.63) is 28.2 Å². The highest BCUT2D eigenvalue weighted by molar-refractivity contribution is 6.39. The van der Waals surface area contributed by atoms with Gasteiger partial charge in [0.05, 0.1) is 22.3 Å². The Morgan fingerprint density at radius 2 is 2.11 bits per heavy atom. The largest absolute Gasteiger partial charge is 0.449 e. The Morgan fingerprint density at radius 3 is 2.72 bits per heavy atom. The molecule has 1 radical (unpaired) electrons. The van der Waals surface area contributed by atoms with Gasteiger partial charge < -0.3 is 4.74 Å². The quantitative estimate of drug-likeness (QED) is 0.792. The molecule has 1 amide bonds. The van der Waals surface area contributed by atoms with Crippen molar-refractivity contribution in [1.82, 2.24) is 0 Å². The molecule has 2 rings (SSSR count). The zero-order valence-electron chi connectivity index (χ0n) is 10.0. The fourth-order valence-corrected chi connectivity index (χ4v) is 2.66. The van der Waals surface area contributed by atoms with Crippen molar-refractivity contribution in [2.45, 2.75) is 13.1 Å². The van der Waals surface area contributed by atoms with Gasteiger partial charge in [0.1, 0.15) is 7.28 Å². The van der Waals surface area contributed by atoms with Gasteiger partial charge in [-0.25, -0.2) is 4.79 Å². The second-order valence-corrected chi connectivity index (χ2v) is 5.08. The third-order valence-corrected chi connectivity index (χ3v) is 3.49. The van der Waals surface area contributed by atoms with E-state index in [2.05, 4.69) is 7.28 Å². The molecule has 1 aliphatic heterocycles. The molecule has 0 saturated carbocycles. The number of rotatable bonds is 3. The first-order chi connectivity index (χ1) is 8.63. The lowest BCUT2D eigenvalue weighted by atomic mass is 9.72. The fraction of sp³-hybridized carbons (Fsp3) is 0.417. The van der Waals surface area contributed by atoms with Crippen molar-refractivity contribution >= 4 is 42.3 Å². The summed E-state index contributed by atoms with van der Waals surface area (Å²) in [6.07, 6.45) is 0.503. The van der Waals surface area contributed by atoms with Crippen molar-refractivity contribution in [3.8, 4) is 0 Å². The molecule has 95 valence electrons. The van der Waals surface area contributed by atoms with Gasteiger partial charge in [-0.2, -0.15) is 0 Å². The van der Waals surface area contributed by atoms with E-state index in [0.29, 0.717) is 28.9 Å². The van der Waals surface area contributed by atoms with E-state index in [1.807, 2.05) is 6.82 Å². The molecule has 1 unspecified atom stereocenters. The predicted molar refractivity (Wildman–Crippen MR) is 75.1 cm³/mol. The van der Waals surface area contributed by atoms with Crippen LogP contribution in [0, 0.1) is 5.92 Å². The molecule has 0 bridgehead atoms. The van der Waals surface area contributed by atoms with Crippen LogP contribution in [0.4, 0.5) is 10.5 Å². The summed E-state index contributed by atoms with van der Waals surface area (Å²) >= 11 is 12.2. The molecule has 0 aliphatic carbocycles. The number of hydrogen-bond donors (Lipinski definition) is 0. The van der Waals surface area contributed by atoms with Crippen LogP contribution in [0.2, 0.25) is 23.2 Å². The Hall–Kier alpha value is -0.865. The van der Waals surface area contributed by atoms with Gasteiger partial charge in [-0.3, -0.25) is 4.90 Å². The molecule has 1 aliphatic rings. The van der Waals surface area contributed by atoms with E-state index in [4.69, 9.17) is 27.9 Å². The smallest absolute Gasteiger partial charge is 0.414 e. The normalized spacial score (nSPS) is 19.6. The molecule has 1 aromatic carbocycles. The Labute approximate surface area is 117 Å². The Bertz CT molecular complexity index is 435. The Balaban J connectivity index is 2.27. The first-order valence-corrected chi connectivity index (χ1v) is 6.55. The zero-order chi connectivity index (χ0) is 13.1. The van der Waals surface area contributed by atoms with Crippen LogP contribution < -0.4 is 4.90 Å². The number of nitrogens with zero attached hydrogens (tertiary/aromatic N) is 1. The molecule has 1 saturated heterocycles. The Morgan fingerprint density at radius 1 is 1.44 bits per heavy atom. The summed E-state index contributed by atoms with van der Waals surface area (Å²) in [5, 5.41) is 0.918. The maximum Gasteiger partial charge on any atom is 0.414 e. The minimum Gasteiger partial charge on any atom is -0.449 e. The fourth-order valence-electron chi connectivity index (χ4n) is 2.06. The van der Waals surface area contributed by atoms with Crippen LogP contribution >= 0.6 is 23.2 Å². The lowest BCUT2D eigenvalue weighted by molar-refractivity contribution is 0.119. The minimum absolute atomic E-state index is 0.278. The van der Waals surface area contributed by atoms with Crippen molar-refractivity contribution in [2.75, 3.05) is 18.1 Å². The number of carbonyl (C=O) groups excluding carboxylic acids is 1. The van der Waals surface area contributed by atoms with E-state index in [-0.39, 0.29) is 5.92 Å². The number of cyclic esters (lactones) is 1. The molecule has 1 heterocycles. The lowest BCUT2D eigenvalue weighted by Gasteiger charge is -2.33. The third-order valence-electron chi connectivity index (χ3n) is 2.88. The first kappa shape index (κ1) is 13.6. The molecule has 1 atom stereocenters. The van der Waals surface area contributed by atoms with E-state index < -0.39 is 6.09 Å². The lowest BCUT2D eigenvalue weighted by Crippen LogP contribution is -2.43. The van der Waals surface area contributed by atoms with E-state index in [1.165, 1.54) is 4.90 Å². The van der Waals surface area contributed by atoms with Gasteiger partial charge in [0.25, 0.3) is 0 Å². The number of halogens is 2. The summed E-state index contributed by atoms with van der Waals surface area (Å²) in [6, 6.07) is 5.18. The van der Waals surface area contributed by atoms with Gasteiger partial charge >= 0.3 is 6.09 Å². The summed E-state index contributed by atoms with van der Waals surface area (Å²) in [7, 11) is 2.07. The van der Waals surface area contributed by atoms with Crippen LogP contribution in [-0.2, 0) is 4.74 Å². The van der Waals surface area contributed by atoms with Gasteiger partial charge in [0, 0.05) is 12.5 Å². The molecular formula is C12H13BCl2NO2. The summed E-state index contributed by atoms with van der Waals surface area (Å²) in [5.41, 5.74) is 0.534. The van der Waals surface area contributed by atoms with Crippen LogP contribution in [0.5, 0.6) is 0 Å². The van der Waals surface area contributed by atoms with Crippen molar-refractivity contribution in [2.24, 2.45) is 5.92 Å². The van der Waals surface area contributed by atoms with Gasteiger partial charge in [-0.1, -0.05) is 42.4 Å². The number of ether oxygens (including phenoxy) is 1. The Kier molecular flexibility index (Phi) is 4.41. The van der Waals surface area contributed by atoms with Gasteiger partial charge in [-0.15, -0.1) is 0 Å². The maximum atomic E-state index is 11.8. The van der Waals surface area contributed by atoms with Crippen LogP contribution in [0.15, 0.2) is 18.2 Å². The molecule has 1 aromatic rings. The highest BCUT2D eigenvalue weighted by Crippen LogP contribution is 2.35. The molecular weight excluding hydrogens is 272 g/mol. The SMILES string of the molecule is C[B]CC1COC(=O)N(c2c(Cl)cccc2Cl)C1. The first-order valence-electron chi connectivity index (χ1n) is 5.79. The van der Waals surface area contributed by atoms with Crippen LogP contribution in [0.3, 0.4) is 0 Å². The number of hydrogen-bond acceptors (Lipinski definition) is 2.